The first-order valence-corrected chi connectivity index (χ1v) is 13.4. The summed E-state index contributed by atoms with van der Waals surface area (Å²) in [5.74, 6) is 0.534. The van der Waals surface area contributed by atoms with E-state index in [2.05, 4.69) is 32.7 Å². The summed E-state index contributed by atoms with van der Waals surface area (Å²) in [6.07, 6.45) is 3.95. The maximum Gasteiger partial charge on any atom is 0.243 e. The van der Waals surface area contributed by atoms with E-state index in [1.807, 2.05) is 60.7 Å². The molecule has 4 aromatic rings. The largest absolute Gasteiger partial charge is 0.354 e. The highest BCUT2D eigenvalue weighted by Crippen LogP contribution is 2.20. The highest BCUT2D eigenvalue weighted by Gasteiger charge is 2.24. The topological polar surface area (TPSA) is 87.2 Å². The first-order valence-electron chi connectivity index (χ1n) is 12.0. The van der Waals surface area contributed by atoms with Crippen LogP contribution in [-0.2, 0) is 29.7 Å². The molecule has 36 heavy (non-hydrogen) atoms. The smallest absolute Gasteiger partial charge is 0.243 e. The van der Waals surface area contributed by atoms with E-state index >= 15 is 0 Å². The molecule has 0 saturated heterocycles. The standard InChI is InChI=1S/C28H31N5O2S/c34-36(35,27-15-13-25(14-16-27)22-29-21-24-9-3-1-4-10-24)33(23-26-11-5-2-6-12-26)20-8-19-32-28-30-17-7-18-31-28/h1-7,9-18,29H,8,19-23H2,(H,30,31,32). The monoisotopic (exact) mass is 501 g/mol. The number of sulfonamides is 1. The zero-order valence-corrected chi connectivity index (χ0v) is 20.9. The molecule has 0 saturated carbocycles. The van der Waals surface area contributed by atoms with E-state index < -0.39 is 10.0 Å². The predicted octanol–water partition coefficient (Wildman–Crippen LogP) is 4.46. The Morgan fingerprint density at radius 1 is 0.694 bits per heavy atom. The molecule has 7 nitrogen and oxygen atoms in total. The fraction of sp³-hybridized carbons (Fsp3) is 0.214. The van der Waals surface area contributed by atoms with Crippen LogP contribution >= 0.6 is 0 Å². The molecule has 186 valence electrons. The normalized spacial score (nSPS) is 11.5. The van der Waals surface area contributed by atoms with Crippen LogP contribution in [0.4, 0.5) is 5.95 Å². The van der Waals surface area contributed by atoms with Gasteiger partial charge in [0.25, 0.3) is 0 Å². The minimum absolute atomic E-state index is 0.296. The molecule has 0 radical (unpaired) electrons. The summed E-state index contributed by atoms with van der Waals surface area (Å²) in [5.41, 5.74) is 3.19. The fourth-order valence-corrected chi connectivity index (χ4v) is 5.26. The van der Waals surface area contributed by atoms with Crippen LogP contribution in [0, 0.1) is 0 Å². The highest BCUT2D eigenvalue weighted by atomic mass is 32.2. The molecule has 0 aliphatic heterocycles. The molecular formula is C28H31N5O2S. The van der Waals surface area contributed by atoms with Gasteiger partial charge in [-0.3, -0.25) is 0 Å². The van der Waals surface area contributed by atoms with Gasteiger partial charge in [0.15, 0.2) is 0 Å². The average molecular weight is 502 g/mol. The van der Waals surface area contributed by atoms with Crippen LogP contribution in [0.5, 0.6) is 0 Å². The number of nitrogens with one attached hydrogen (secondary N) is 2. The van der Waals surface area contributed by atoms with Gasteiger partial charge in [0.2, 0.25) is 16.0 Å². The van der Waals surface area contributed by atoms with Crippen molar-refractivity contribution in [2.75, 3.05) is 18.4 Å². The van der Waals surface area contributed by atoms with Crippen LogP contribution < -0.4 is 10.6 Å². The summed E-state index contributed by atoms with van der Waals surface area (Å²) in [6.45, 7) is 2.67. The predicted molar refractivity (Wildman–Crippen MR) is 143 cm³/mol. The van der Waals surface area contributed by atoms with Gasteiger partial charge in [0, 0.05) is 45.1 Å². The molecule has 0 aliphatic rings. The maximum atomic E-state index is 13.6. The number of hydrogen-bond acceptors (Lipinski definition) is 6. The average Bonchev–Trinajstić information content (AvgIpc) is 2.92. The van der Waals surface area contributed by atoms with Crippen molar-refractivity contribution in [1.82, 2.24) is 19.6 Å². The highest BCUT2D eigenvalue weighted by molar-refractivity contribution is 7.89. The van der Waals surface area contributed by atoms with Crippen LogP contribution in [0.2, 0.25) is 0 Å². The van der Waals surface area contributed by atoms with Crippen LogP contribution in [0.1, 0.15) is 23.1 Å². The Hall–Kier alpha value is -3.59. The van der Waals surface area contributed by atoms with Gasteiger partial charge in [-0.05, 0) is 41.3 Å². The minimum atomic E-state index is -3.67. The van der Waals surface area contributed by atoms with Gasteiger partial charge >= 0.3 is 0 Å². The van der Waals surface area contributed by atoms with Gasteiger partial charge in [-0.15, -0.1) is 0 Å². The molecule has 2 N–H and O–H groups in total. The molecule has 8 heteroatoms. The quantitative estimate of drug-likeness (QED) is 0.263. The Labute approximate surface area is 213 Å². The first-order chi connectivity index (χ1) is 17.6. The van der Waals surface area contributed by atoms with Gasteiger partial charge in [-0.2, -0.15) is 4.31 Å². The Balaban J connectivity index is 1.39. The van der Waals surface area contributed by atoms with Crippen LogP contribution in [0.15, 0.2) is 108 Å². The zero-order chi connectivity index (χ0) is 25.1. The number of aromatic nitrogens is 2. The van der Waals surface area contributed by atoms with Crippen molar-refractivity contribution in [3.63, 3.8) is 0 Å². The van der Waals surface area contributed by atoms with E-state index in [9.17, 15) is 8.42 Å². The summed E-state index contributed by atoms with van der Waals surface area (Å²) in [7, 11) is -3.67. The van der Waals surface area contributed by atoms with Crippen molar-refractivity contribution < 1.29 is 8.42 Å². The molecule has 1 heterocycles. The second kappa shape index (κ2) is 12.9. The molecule has 0 unspecified atom stereocenters. The SMILES string of the molecule is O=S(=O)(c1ccc(CNCc2ccccc2)cc1)N(CCCNc1ncccn1)Cc1ccccc1. The Kier molecular flexibility index (Phi) is 9.15. The molecular weight excluding hydrogens is 470 g/mol. The lowest BCUT2D eigenvalue weighted by Crippen LogP contribution is -2.32. The number of benzene rings is 3. The summed E-state index contributed by atoms with van der Waals surface area (Å²) in [6, 6.07) is 28.7. The molecule has 0 atom stereocenters. The van der Waals surface area contributed by atoms with E-state index in [1.165, 1.54) is 5.56 Å². The second-order valence-corrected chi connectivity index (χ2v) is 10.3. The van der Waals surface area contributed by atoms with E-state index in [1.54, 1.807) is 34.9 Å². The zero-order valence-electron chi connectivity index (χ0n) is 20.1. The molecule has 4 rings (SSSR count). The van der Waals surface area contributed by atoms with Crippen molar-refractivity contribution in [1.29, 1.82) is 0 Å². The van der Waals surface area contributed by atoms with Crippen molar-refractivity contribution in [3.8, 4) is 0 Å². The van der Waals surface area contributed by atoms with Gasteiger partial charge < -0.3 is 10.6 Å². The van der Waals surface area contributed by atoms with Gasteiger partial charge in [0.1, 0.15) is 0 Å². The van der Waals surface area contributed by atoms with Crippen LogP contribution in [0.3, 0.4) is 0 Å². The van der Waals surface area contributed by atoms with Crippen LogP contribution in [-0.4, -0.2) is 35.8 Å². The fourth-order valence-electron chi connectivity index (χ4n) is 3.79. The minimum Gasteiger partial charge on any atom is -0.354 e. The van der Waals surface area contributed by atoms with Crippen molar-refractivity contribution in [3.05, 3.63) is 120 Å². The van der Waals surface area contributed by atoms with E-state index in [-0.39, 0.29) is 0 Å². The van der Waals surface area contributed by atoms with Crippen molar-refractivity contribution in [2.45, 2.75) is 31.0 Å². The molecule has 0 amide bonds. The summed E-state index contributed by atoms with van der Waals surface area (Å²) in [4.78, 5) is 8.59. The third-order valence-electron chi connectivity index (χ3n) is 5.70. The van der Waals surface area contributed by atoms with Gasteiger partial charge in [-0.25, -0.2) is 18.4 Å². The Morgan fingerprint density at radius 3 is 1.92 bits per heavy atom. The maximum absolute atomic E-state index is 13.6. The molecule has 1 aromatic heterocycles. The molecule has 0 fully saturated rings. The number of rotatable bonds is 13. The van der Waals surface area contributed by atoms with Crippen LogP contribution in [0.25, 0.3) is 0 Å². The molecule has 3 aromatic carbocycles. The lowest BCUT2D eigenvalue weighted by Gasteiger charge is -2.23. The Bertz CT molecular complexity index is 1290. The van der Waals surface area contributed by atoms with Crippen molar-refractivity contribution >= 4 is 16.0 Å². The second-order valence-electron chi connectivity index (χ2n) is 8.41. The third-order valence-corrected chi connectivity index (χ3v) is 7.56. The van der Waals surface area contributed by atoms with Gasteiger partial charge in [-0.1, -0.05) is 72.8 Å². The van der Waals surface area contributed by atoms with Gasteiger partial charge in [0.05, 0.1) is 4.90 Å². The number of nitrogens with zero attached hydrogens (tertiary/aromatic N) is 3. The van der Waals surface area contributed by atoms with E-state index in [0.717, 1.165) is 17.7 Å². The number of hydrogen-bond donors (Lipinski definition) is 2. The first kappa shape index (κ1) is 25.5. The molecule has 0 aliphatic carbocycles. The van der Waals surface area contributed by atoms with Crippen molar-refractivity contribution in [2.24, 2.45) is 0 Å². The summed E-state index contributed by atoms with van der Waals surface area (Å²) >= 11 is 0. The van der Waals surface area contributed by atoms with E-state index in [0.29, 0.717) is 43.4 Å². The molecule has 0 spiro atoms. The Morgan fingerprint density at radius 2 is 1.28 bits per heavy atom. The van der Waals surface area contributed by atoms with E-state index in [4.69, 9.17) is 0 Å². The third kappa shape index (κ3) is 7.45. The lowest BCUT2D eigenvalue weighted by molar-refractivity contribution is 0.403. The lowest BCUT2D eigenvalue weighted by atomic mass is 10.2. The number of anilines is 1. The summed E-state index contributed by atoms with van der Waals surface area (Å²) < 4.78 is 28.7. The molecule has 0 bridgehead atoms. The summed E-state index contributed by atoms with van der Waals surface area (Å²) in [5, 5.41) is 6.55.